The predicted octanol–water partition coefficient (Wildman–Crippen LogP) is 17.7. The fraction of sp³-hybridized carbons (Fsp3) is 0.817. The lowest BCUT2D eigenvalue weighted by Gasteiger charge is -2.25. The summed E-state index contributed by atoms with van der Waals surface area (Å²) in [7, 11) is 1.56. The number of hydrogen-bond donors (Lipinski definition) is 3. The van der Waals surface area contributed by atoms with Crippen LogP contribution in [-0.4, -0.2) is 73.4 Å². The largest absolute Gasteiger partial charge is 0.472 e. The average Bonchev–Trinajstić information content (AvgIpc) is 3.31. The zero-order valence-electron chi connectivity index (χ0n) is 46.0. The molecule has 3 N–H and O–H groups in total. The van der Waals surface area contributed by atoms with E-state index in [0.717, 1.165) is 77.0 Å². The molecule has 69 heavy (non-hydrogen) atoms. The molecule has 0 rings (SSSR count). The van der Waals surface area contributed by atoms with E-state index < -0.39 is 20.0 Å². The lowest BCUT2D eigenvalue weighted by molar-refractivity contribution is -0.870. The monoisotopic (exact) mass is 990 g/mol. The second-order valence-electron chi connectivity index (χ2n) is 21.0. The maximum absolute atomic E-state index is 13.0. The fourth-order valence-corrected chi connectivity index (χ4v) is 9.18. The number of hydrogen-bond acceptors (Lipinski definition) is 5. The van der Waals surface area contributed by atoms with Crippen LogP contribution in [0.4, 0.5) is 0 Å². The van der Waals surface area contributed by atoms with Crippen LogP contribution in [0.1, 0.15) is 264 Å². The number of nitrogens with zero attached hydrogens (tertiary/aromatic N) is 1. The van der Waals surface area contributed by atoms with Crippen LogP contribution in [-0.2, 0) is 18.4 Å². The highest BCUT2D eigenvalue weighted by Gasteiger charge is 2.27. The summed E-state index contributed by atoms with van der Waals surface area (Å²) in [4.78, 5) is 23.3. The van der Waals surface area contributed by atoms with E-state index in [1.54, 1.807) is 6.08 Å². The Morgan fingerprint density at radius 1 is 0.507 bits per heavy atom. The summed E-state index contributed by atoms with van der Waals surface area (Å²) < 4.78 is 23.7. The van der Waals surface area contributed by atoms with Crippen LogP contribution in [0.3, 0.4) is 0 Å². The highest BCUT2D eigenvalue weighted by molar-refractivity contribution is 7.47. The number of aliphatic hydroxyl groups excluding tert-OH is 1. The first-order valence-corrected chi connectivity index (χ1v) is 30.7. The Hall–Kier alpha value is -1.80. The predicted molar refractivity (Wildman–Crippen MR) is 300 cm³/mol. The van der Waals surface area contributed by atoms with Crippen molar-refractivity contribution in [1.82, 2.24) is 5.32 Å². The number of allylic oxidation sites excluding steroid dienone is 9. The van der Waals surface area contributed by atoms with E-state index >= 15 is 0 Å². The topological polar surface area (TPSA) is 105 Å². The van der Waals surface area contributed by atoms with Gasteiger partial charge in [0, 0.05) is 6.42 Å². The number of amides is 1. The van der Waals surface area contributed by atoms with Crippen molar-refractivity contribution in [3.05, 3.63) is 60.8 Å². The van der Waals surface area contributed by atoms with Gasteiger partial charge in [-0.2, -0.15) is 0 Å². The maximum Gasteiger partial charge on any atom is 0.472 e. The molecule has 1 amide bonds. The molecular weight excluding hydrogens is 876 g/mol. The number of quaternary nitrogens is 1. The van der Waals surface area contributed by atoms with Crippen molar-refractivity contribution in [3.8, 4) is 0 Å². The number of aliphatic hydroxyl groups is 1. The molecule has 8 nitrogen and oxygen atoms in total. The molecule has 0 heterocycles. The lowest BCUT2D eigenvalue weighted by Crippen LogP contribution is -2.45. The maximum atomic E-state index is 13.0. The third kappa shape index (κ3) is 53.8. The van der Waals surface area contributed by atoms with Gasteiger partial charge < -0.3 is 19.8 Å². The van der Waals surface area contributed by atoms with Gasteiger partial charge in [0.1, 0.15) is 13.2 Å². The van der Waals surface area contributed by atoms with E-state index in [0.29, 0.717) is 17.4 Å². The quantitative estimate of drug-likeness (QED) is 0.0243. The summed E-state index contributed by atoms with van der Waals surface area (Å²) in [6, 6.07) is -0.858. The van der Waals surface area contributed by atoms with E-state index in [9.17, 15) is 19.4 Å². The summed E-state index contributed by atoms with van der Waals surface area (Å²) in [5, 5.41) is 13.9. The van der Waals surface area contributed by atoms with E-state index in [1.807, 2.05) is 27.2 Å². The Labute approximate surface area is 428 Å². The minimum absolute atomic E-state index is 0.0564. The van der Waals surface area contributed by atoms with Gasteiger partial charge in [0.05, 0.1) is 39.9 Å². The summed E-state index contributed by atoms with van der Waals surface area (Å²) >= 11 is 0. The van der Waals surface area contributed by atoms with Gasteiger partial charge in [0.25, 0.3) is 0 Å². The number of phosphoric acid groups is 1. The highest BCUT2D eigenvalue weighted by atomic mass is 31.2. The van der Waals surface area contributed by atoms with E-state index in [-0.39, 0.29) is 19.1 Å². The Morgan fingerprint density at radius 3 is 1.28 bits per heavy atom. The molecule has 0 aromatic rings. The highest BCUT2D eigenvalue weighted by Crippen LogP contribution is 2.43. The Bertz CT molecular complexity index is 1310. The normalized spacial score (nSPS) is 14.4. The zero-order chi connectivity index (χ0) is 50.6. The SMILES string of the molecule is CC/C=C\C/C=C\C/C=C\C/C=C\CCCCCCCCC(=O)NC(COP(=O)(O)OCC[N+](C)(C)C)C(O)/C=C/CCCCCCCCCCCCCCCCCCCCCCCCCCCC. The van der Waals surface area contributed by atoms with Gasteiger partial charge in [0.2, 0.25) is 5.91 Å². The Kier molecular flexibility index (Phi) is 49.8. The van der Waals surface area contributed by atoms with Crippen molar-refractivity contribution in [1.29, 1.82) is 0 Å². The van der Waals surface area contributed by atoms with Crippen molar-refractivity contribution in [2.75, 3.05) is 40.9 Å². The molecule has 3 unspecified atom stereocenters. The number of rotatable bonds is 53. The van der Waals surface area contributed by atoms with E-state index in [4.69, 9.17) is 9.05 Å². The van der Waals surface area contributed by atoms with Crippen LogP contribution in [0.25, 0.3) is 0 Å². The van der Waals surface area contributed by atoms with Gasteiger partial charge >= 0.3 is 7.82 Å². The molecule has 0 saturated heterocycles. The van der Waals surface area contributed by atoms with Crippen LogP contribution in [0.5, 0.6) is 0 Å². The number of carbonyl (C=O) groups excluding carboxylic acids is 1. The molecule has 9 heteroatoms. The molecule has 0 aromatic heterocycles. The number of phosphoric ester groups is 1. The lowest BCUT2D eigenvalue weighted by atomic mass is 10.0. The molecule has 0 aliphatic heterocycles. The molecule has 0 bridgehead atoms. The summed E-state index contributed by atoms with van der Waals surface area (Å²) in [6.45, 7) is 4.71. The zero-order valence-corrected chi connectivity index (χ0v) is 46.9. The molecule has 0 saturated carbocycles. The van der Waals surface area contributed by atoms with Crippen LogP contribution in [0.15, 0.2) is 60.8 Å². The fourth-order valence-electron chi connectivity index (χ4n) is 8.45. The third-order valence-electron chi connectivity index (χ3n) is 13.0. The molecule has 404 valence electrons. The molecule has 0 fully saturated rings. The number of carbonyl (C=O) groups is 1. The Morgan fingerprint density at radius 2 is 0.870 bits per heavy atom. The van der Waals surface area contributed by atoms with Gasteiger partial charge in [-0.05, 0) is 57.8 Å². The van der Waals surface area contributed by atoms with Gasteiger partial charge in [-0.3, -0.25) is 13.8 Å². The second-order valence-corrected chi connectivity index (χ2v) is 22.4. The summed E-state index contributed by atoms with van der Waals surface area (Å²) in [5.41, 5.74) is 0. The molecule has 0 radical (unpaired) electrons. The summed E-state index contributed by atoms with van der Waals surface area (Å²) in [6.07, 6.45) is 69.0. The average molecular weight is 991 g/mol. The summed E-state index contributed by atoms with van der Waals surface area (Å²) in [5.74, 6) is -0.190. The van der Waals surface area contributed by atoms with Gasteiger partial charge in [-0.25, -0.2) is 4.57 Å². The van der Waals surface area contributed by atoms with Crippen molar-refractivity contribution >= 4 is 13.7 Å². The molecule has 3 atom stereocenters. The van der Waals surface area contributed by atoms with E-state index in [1.165, 1.54) is 167 Å². The van der Waals surface area contributed by atoms with Gasteiger partial charge in [-0.1, -0.05) is 261 Å². The minimum atomic E-state index is -4.35. The number of likely N-dealkylation sites (N-methyl/N-ethyl adjacent to an activating group) is 1. The van der Waals surface area contributed by atoms with Crippen LogP contribution in [0, 0.1) is 0 Å². The molecule has 0 spiro atoms. The van der Waals surface area contributed by atoms with Gasteiger partial charge in [0.15, 0.2) is 0 Å². The smallest absolute Gasteiger partial charge is 0.387 e. The number of nitrogens with one attached hydrogen (secondary N) is 1. The van der Waals surface area contributed by atoms with Crippen molar-refractivity contribution in [2.24, 2.45) is 0 Å². The minimum Gasteiger partial charge on any atom is -0.387 e. The van der Waals surface area contributed by atoms with Gasteiger partial charge in [-0.15, -0.1) is 0 Å². The Balaban J connectivity index is 4.20. The first-order valence-electron chi connectivity index (χ1n) is 29.2. The molecule has 0 aromatic carbocycles. The molecule has 0 aliphatic carbocycles. The molecular formula is C60H114N2O6P+. The number of unbranched alkanes of at least 4 members (excludes halogenated alkanes) is 32. The van der Waals surface area contributed by atoms with Crippen LogP contribution < -0.4 is 5.32 Å². The third-order valence-corrected chi connectivity index (χ3v) is 14.0. The van der Waals surface area contributed by atoms with E-state index in [2.05, 4.69) is 67.8 Å². The van der Waals surface area contributed by atoms with Crippen molar-refractivity contribution in [3.63, 3.8) is 0 Å². The van der Waals surface area contributed by atoms with Crippen molar-refractivity contribution in [2.45, 2.75) is 276 Å². The molecule has 0 aliphatic rings. The van der Waals surface area contributed by atoms with Crippen molar-refractivity contribution < 1.29 is 32.9 Å². The first-order chi connectivity index (χ1) is 33.5. The van der Waals surface area contributed by atoms with Crippen LogP contribution >= 0.6 is 7.82 Å². The standard InChI is InChI=1S/C60H113N2O6P/c1-6-8-10-12-14-16-18-20-22-24-26-27-28-29-30-31-32-33-34-36-37-39-41-43-45-47-49-51-53-59(63)58(57-68-69(65,66)67-56-55-62(3,4)5)61-60(64)54-52-50-48-46-44-42-40-38-35-25-23-21-19-17-15-13-11-9-7-2/h9,11,15,17,21,23,35,38,51,53,58-59,63H,6-8,10,12-14,16,18-20,22,24-34,36-37,39-50,52,54-57H2,1-5H3,(H-,61,64,65,66)/p+1/b11-9-,17-15-,23-21-,38-35-,53-51+. The first kappa shape index (κ1) is 67.2. The van der Waals surface area contributed by atoms with Crippen LogP contribution in [0.2, 0.25) is 0 Å². The second kappa shape index (κ2) is 51.1.